The number of nitrogens with zero attached hydrogens (tertiary/aromatic N) is 1. The standard InChI is InChI=1S/C14H23N3O2/c1-10-4-3-5-11(8-10)6-7-15-13-12(19-2)14(18)17-9-16-13/h9-11H,3-8H2,1-2H3,(H2,15,16,17,18). The molecule has 2 atom stereocenters. The van der Waals surface area contributed by atoms with E-state index in [1.807, 2.05) is 0 Å². The highest BCUT2D eigenvalue weighted by Crippen LogP contribution is 2.30. The highest BCUT2D eigenvalue weighted by molar-refractivity contribution is 5.47. The highest BCUT2D eigenvalue weighted by atomic mass is 16.5. The summed E-state index contributed by atoms with van der Waals surface area (Å²) < 4.78 is 5.07. The van der Waals surface area contributed by atoms with Crippen molar-refractivity contribution in [1.29, 1.82) is 0 Å². The van der Waals surface area contributed by atoms with E-state index in [9.17, 15) is 4.79 Å². The van der Waals surface area contributed by atoms with Crippen molar-refractivity contribution in [2.24, 2.45) is 11.8 Å². The number of anilines is 1. The van der Waals surface area contributed by atoms with Crippen molar-refractivity contribution in [3.8, 4) is 5.75 Å². The zero-order chi connectivity index (χ0) is 13.7. The molecular weight excluding hydrogens is 242 g/mol. The van der Waals surface area contributed by atoms with E-state index in [1.54, 1.807) is 0 Å². The average molecular weight is 265 g/mol. The molecule has 1 heterocycles. The topological polar surface area (TPSA) is 67.0 Å². The molecular formula is C14H23N3O2. The largest absolute Gasteiger partial charge is 0.489 e. The number of aromatic amines is 1. The van der Waals surface area contributed by atoms with Gasteiger partial charge in [0.15, 0.2) is 5.82 Å². The van der Waals surface area contributed by atoms with Gasteiger partial charge in [0, 0.05) is 6.54 Å². The Balaban J connectivity index is 1.85. The van der Waals surface area contributed by atoms with E-state index in [0.717, 1.165) is 24.8 Å². The SMILES string of the molecule is COc1c(NCCC2CCCC(C)C2)nc[nH]c1=O. The lowest BCUT2D eigenvalue weighted by atomic mass is 9.81. The Bertz CT molecular complexity index is 458. The van der Waals surface area contributed by atoms with Crippen LogP contribution in [0.1, 0.15) is 39.0 Å². The van der Waals surface area contributed by atoms with Crippen LogP contribution in [0.15, 0.2) is 11.1 Å². The van der Waals surface area contributed by atoms with Crippen LogP contribution in [0.2, 0.25) is 0 Å². The second-order valence-electron chi connectivity index (χ2n) is 5.47. The fourth-order valence-corrected chi connectivity index (χ4v) is 2.92. The maximum atomic E-state index is 11.5. The van der Waals surface area contributed by atoms with E-state index >= 15 is 0 Å². The zero-order valence-corrected chi connectivity index (χ0v) is 11.7. The monoisotopic (exact) mass is 265 g/mol. The summed E-state index contributed by atoms with van der Waals surface area (Å²) in [7, 11) is 1.49. The molecule has 5 heteroatoms. The van der Waals surface area contributed by atoms with Gasteiger partial charge in [0.2, 0.25) is 5.75 Å². The van der Waals surface area contributed by atoms with Crippen LogP contribution in [0.25, 0.3) is 0 Å². The molecule has 1 saturated carbocycles. The van der Waals surface area contributed by atoms with Crippen molar-refractivity contribution >= 4 is 5.82 Å². The summed E-state index contributed by atoms with van der Waals surface area (Å²) in [5, 5.41) is 3.21. The highest BCUT2D eigenvalue weighted by Gasteiger charge is 2.18. The van der Waals surface area contributed by atoms with Crippen LogP contribution in [0.3, 0.4) is 0 Å². The van der Waals surface area contributed by atoms with E-state index < -0.39 is 0 Å². The van der Waals surface area contributed by atoms with Crippen molar-refractivity contribution < 1.29 is 4.74 Å². The predicted octanol–water partition coefficient (Wildman–Crippen LogP) is 2.41. The van der Waals surface area contributed by atoms with Crippen molar-refractivity contribution in [1.82, 2.24) is 9.97 Å². The molecule has 0 spiro atoms. The van der Waals surface area contributed by atoms with Crippen LogP contribution in [-0.2, 0) is 0 Å². The number of ether oxygens (including phenoxy) is 1. The normalized spacial score (nSPS) is 23.1. The van der Waals surface area contributed by atoms with Crippen LogP contribution in [0.4, 0.5) is 5.82 Å². The lowest BCUT2D eigenvalue weighted by Gasteiger charge is -2.26. The Morgan fingerprint density at radius 1 is 1.53 bits per heavy atom. The summed E-state index contributed by atoms with van der Waals surface area (Å²) in [4.78, 5) is 18.1. The third kappa shape index (κ3) is 3.72. The van der Waals surface area contributed by atoms with Crippen LogP contribution in [-0.4, -0.2) is 23.6 Å². The molecule has 0 amide bonds. The Kier molecular flexibility index (Phi) is 4.82. The van der Waals surface area contributed by atoms with E-state index in [-0.39, 0.29) is 11.3 Å². The molecule has 1 fully saturated rings. The third-order valence-corrected chi connectivity index (χ3v) is 3.90. The summed E-state index contributed by atoms with van der Waals surface area (Å²) >= 11 is 0. The number of aromatic nitrogens is 2. The molecule has 2 rings (SSSR count). The number of rotatable bonds is 5. The Morgan fingerprint density at radius 3 is 3.11 bits per heavy atom. The fourth-order valence-electron chi connectivity index (χ4n) is 2.92. The van der Waals surface area contributed by atoms with Crippen LogP contribution >= 0.6 is 0 Å². The summed E-state index contributed by atoms with van der Waals surface area (Å²) in [6.07, 6.45) is 7.89. The first-order chi connectivity index (χ1) is 9.20. The molecule has 0 radical (unpaired) electrons. The third-order valence-electron chi connectivity index (χ3n) is 3.90. The van der Waals surface area contributed by atoms with Gasteiger partial charge in [-0.25, -0.2) is 4.98 Å². The molecule has 0 aliphatic heterocycles. The van der Waals surface area contributed by atoms with Crippen molar-refractivity contribution in [2.75, 3.05) is 19.0 Å². The molecule has 1 aromatic rings. The number of H-pyrrole nitrogens is 1. The van der Waals surface area contributed by atoms with Crippen molar-refractivity contribution in [2.45, 2.75) is 39.0 Å². The minimum atomic E-state index is -0.244. The summed E-state index contributed by atoms with van der Waals surface area (Å²) in [5.41, 5.74) is -0.244. The molecule has 0 bridgehead atoms. The molecule has 1 aliphatic carbocycles. The van der Waals surface area contributed by atoms with Gasteiger partial charge in [-0.3, -0.25) is 4.79 Å². The first kappa shape index (κ1) is 13.9. The van der Waals surface area contributed by atoms with Crippen LogP contribution < -0.4 is 15.6 Å². The van der Waals surface area contributed by atoms with Gasteiger partial charge in [-0.2, -0.15) is 0 Å². The maximum Gasteiger partial charge on any atom is 0.295 e. The smallest absolute Gasteiger partial charge is 0.295 e. The van der Waals surface area contributed by atoms with E-state index in [4.69, 9.17) is 4.74 Å². The van der Waals surface area contributed by atoms with E-state index in [1.165, 1.54) is 39.1 Å². The molecule has 19 heavy (non-hydrogen) atoms. The molecule has 0 aromatic carbocycles. The minimum absolute atomic E-state index is 0.244. The number of methoxy groups -OCH3 is 1. The minimum Gasteiger partial charge on any atom is -0.489 e. The predicted molar refractivity (Wildman–Crippen MR) is 75.6 cm³/mol. The number of hydrogen-bond donors (Lipinski definition) is 2. The summed E-state index contributed by atoms with van der Waals surface area (Å²) in [5.74, 6) is 2.45. The molecule has 2 N–H and O–H groups in total. The number of hydrogen-bond acceptors (Lipinski definition) is 4. The molecule has 1 aromatic heterocycles. The Morgan fingerprint density at radius 2 is 2.37 bits per heavy atom. The van der Waals surface area contributed by atoms with E-state index in [2.05, 4.69) is 22.2 Å². The lowest BCUT2D eigenvalue weighted by molar-refractivity contribution is 0.274. The van der Waals surface area contributed by atoms with Gasteiger partial charge in [-0.15, -0.1) is 0 Å². The van der Waals surface area contributed by atoms with Gasteiger partial charge in [-0.1, -0.05) is 26.2 Å². The van der Waals surface area contributed by atoms with E-state index in [0.29, 0.717) is 5.82 Å². The van der Waals surface area contributed by atoms with Gasteiger partial charge in [0.1, 0.15) is 0 Å². The van der Waals surface area contributed by atoms with Gasteiger partial charge in [0.25, 0.3) is 5.56 Å². The van der Waals surface area contributed by atoms with Gasteiger partial charge in [-0.05, 0) is 24.7 Å². The van der Waals surface area contributed by atoms with Gasteiger partial charge < -0.3 is 15.0 Å². The van der Waals surface area contributed by atoms with Crippen LogP contribution in [0, 0.1) is 11.8 Å². The fraction of sp³-hybridized carbons (Fsp3) is 0.714. The van der Waals surface area contributed by atoms with Crippen molar-refractivity contribution in [3.63, 3.8) is 0 Å². The number of nitrogens with one attached hydrogen (secondary N) is 2. The average Bonchev–Trinajstić information content (AvgIpc) is 2.39. The molecule has 106 valence electrons. The van der Waals surface area contributed by atoms with Crippen molar-refractivity contribution in [3.05, 3.63) is 16.7 Å². The second-order valence-corrected chi connectivity index (χ2v) is 5.47. The molecule has 0 saturated heterocycles. The molecule has 1 aliphatic rings. The summed E-state index contributed by atoms with van der Waals surface area (Å²) in [6, 6.07) is 0. The summed E-state index contributed by atoms with van der Waals surface area (Å²) in [6.45, 7) is 3.17. The Hall–Kier alpha value is -1.52. The van der Waals surface area contributed by atoms with Gasteiger partial charge in [0.05, 0.1) is 13.4 Å². The zero-order valence-electron chi connectivity index (χ0n) is 11.7. The molecule has 2 unspecified atom stereocenters. The second kappa shape index (κ2) is 6.59. The maximum absolute atomic E-state index is 11.5. The first-order valence-corrected chi connectivity index (χ1v) is 7.06. The first-order valence-electron chi connectivity index (χ1n) is 7.06. The lowest BCUT2D eigenvalue weighted by Crippen LogP contribution is -2.18. The van der Waals surface area contributed by atoms with Crippen LogP contribution in [0.5, 0.6) is 5.75 Å². The molecule has 5 nitrogen and oxygen atoms in total. The Labute approximate surface area is 113 Å². The quantitative estimate of drug-likeness (QED) is 0.858. The van der Waals surface area contributed by atoms with Gasteiger partial charge >= 0.3 is 0 Å².